The largest absolute Gasteiger partial charge is 0.481 e. The molecule has 1 aromatic rings. The summed E-state index contributed by atoms with van der Waals surface area (Å²) in [6.07, 6.45) is 9.34. The SMILES string of the molecule is O=C(O)CCC/C=C\C[C@H]1C(=O)C[C@@H](O)C1/C=C/[C@@H](O)CCc1ccccc1. The Morgan fingerprint density at radius 2 is 1.96 bits per heavy atom. The van der Waals surface area contributed by atoms with Gasteiger partial charge in [0.2, 0.25) is 0 Å². The molecule has 5 heteroatoms. The number of rotatable bonds is 11. The zero-order chi connectivity index (χ0) is 20.4. The number of carbonyl (C=O) groups is 2. The first-order valence-corrected chi connectivity index (χ1v) is 9.95. The summed E-state index contributed by atoms with van der Waals surface area (Å²) >= 11 is 0. The summed E-state index contributed by atoms with van der Waals surface area (Å²) in [7, 11) is 0. The van der Waals surface area contributed by atoms with Gasteiger partial charge in [-0.25, -0.2) is 0 Å². The minimum atomic E-state index is -0.807. The van der Waals surface area contributed by atoms with E-state index in [1.54, 1.807) is 12.2 Å². The summed E-state index contributed by atoms with van der Waals surface area (Å²) in [5.74, 6) is -1.35. The van der Waals surface area contributed by atoms with Crippen LogP contribution in [0.1, 0.15) is 44.1 Å². The number of Topliss-reactive ketones (excluding diaryl/α,β-unsaturated/α-hetero) is 1. The number of benzene rings is 1. The van der Waals surface area contributed by atoms with Crippen LogP contribution in [0, 0.1) is 11.8 Å². The minimum absolute atomic E-state index is 0.0381. The highest BCUT2D eigenvalue weighted by Gasteiger charge is 2.39. The third kappa shape index (κ3) is 7.41. The third-order valence-electron chi connectivity index (χ3n) is 5.18. The number of carboxylic acid groups (broad SMARTS) is 1. The number of aliphatic hydroxyl groups excluding tert-OH is 2. The standard InChI is InChI=1S/C23H30O5/c24-18(13-12-17-8-4-3-5-9-17)14-15-20-19(21(25)16-22(20)26)10-6-1-2-7-11-23(27)28/h1,3-6,8-9,14-15,18-20,22,24,26H,2,7,10-13,16H2,(H,27,28)/b6-1-,15-14+/t18-,19+,20?,22+/m0/s1. The Labute approximate surface area is 166 Å². The van der Waals surface area contributed by atoms with Gasteiger partial charge in [0, 0.05) is 24.7 Å². The summed E-state index contributed by atoms with van der Waals surface area (Å²) in [5, 5.41) is 29.0. The maximum absolute atomic E-state index is 12.2. The van der Waals surface area contributed by atoms with Crippen LogP contribution in [-0.2, 0) is 16.0 Å². The number of ketones is 1. The van der Waals surface area contributed by atoms with E-state index in [9.17, 15) is 19.8 Å². The lowest BCUT2D eigenvalue weighted by atomic mass is 9.90. The fourth-order valence-electron chi connectivity index (χ4n) is 3.57. The number of aliphatic hydroxyl groups is 2. The zero-order valence-corrected chi connectivity index (χ0v) is 16.1. The second-order valence-electron chi connectivity index (χ2n) is 7.39. The lowest BCUT2D eigenvalue weighted by molar-refractivity contribution is -0.137. The molecule has 0 spiro atoms. The zero-order valence-electron chi connectivity index (χ0n) is 16.1. The van der Waals surface area contributed by atoms with E-state index in [1.165, 1.54) is 0 Å². The van der Waals surface area contributed by atoms with Crippen molar-refractivity contribution in [3.8, 4) is 0 Å². The maximum atomic E-state index is 12.2. The molecule has 2 rings (SSSR count). The molecule has 5 nitrogen and oxygen atoms in total. The first kappa shape index (κ1) is 22.1. The quantitative estimate of drug-likeness (QED) is 0.401. The number of aliphatic carboxylic acids is 1. The molecule has 152 valence electrons. The Bertz CT molecular complexity index is 679. The number of allylic oxidation sites excluding steroid dienone is 2. The van der Waals surface area contributed by atoms with Gasteiger partial charge in [-0.05, 0) is 37.7 Å². The smallest absolute Gasteiger partial charge is 0.303 e. The van der Waals surface area contributed by atoms with E-state index in [1.807, 2.05) is 42.5 Å². The van der Waals surface area contributed by atoms with E-state index in [4.69, 9.17) is 5.11 Å². The van der Waals surface area contributed by atoms with Crippen LogP contribution in [0.2, 0.25) is 0 Å². The molecule has 1 unspecified atom stereocenters. The predicted molar refractivity (Wildman–Crippen MR) is 108 cm³/mol. The molecular formula is C23H30O5. The van der Waals surface area contributed by atoms with Gasteiger partial charge in [-0.1, -0.05) is 54.6 Å². The van der Waals surface area contributed by atoms with Crippen molar-refractivity contribution >= 4 is 11.8 Å². The van der Waals surface area contributed by atoms with E-state index in [2.05, 4.69) is 0 Å². The summed E-state index contributed by atoms with van der Waals surface area (Å²) in [6, 6.07) is 9.94. The Kier molecular flexibility index (Phi) is 9.11. The monoisotopic (exact) mass is 386 g/mol. The number of carbonyl (C=O) groups excluding carboxylic acids is 1. The van der Waals surface area contributed by atoms with Crippen LogP contribution in [0.25, 0.3) is 0 Å². The molecule has 0 aliphatic heterocycles. The molecule has 0 heterocycles. The second-order valence-corrected chi connectivity index (χ2v) is 7.39. The van der Waals surface area contributed by atoms with Crippen LogP contribution in [0.15, 0.2) is 54.6 Å². The predicted octanol–water partition coefficient (Wildman–Crippen LogP) is 3.30. The van der Waals surface area contributed by atoms with Gasteiger partial charge in [0.15, 0.2) is 0 Å². The van der Waals surface area contributed by atoms with Crippen molar-refractivity contribution in [3.63, 3.8) is 0 Å². The molecule has 0 saturated heterocycles. The van der Waals surface area contributed by atoms with Crippen molar-refractivity contribution < 1.29 is 24.9 Å². The Morgan fingerprint density at radius 3 is 2.68 bits per heavy atom. The van der Waals surface area contributed by atoms with Crippen LogP contribution in [0.5, 0.6) is 0 Å². The van der Waals surface area contributed by atoms with E-state index in [0.717, 1.165) is 12.0 Å². The molecule has 4 atom stereocenters. The van der Waals surface area contributed by atoms with Crippen molar-refractivity contribution in [2.75, 3.05) is 0 Å². The fourth-order valence-corrected chi connectivity index (χ4v) is 3.57. The fraction of sp³-hybridized carbons (Fsp3) is 0.478. The van der Waals surface area contributed by atoms with Crippen LogP contribution >= 0.6 is 0 Å². The van der Waals surface area contributed by atoms with Crippen LogP contribution in [-0.4, -0.2) is 39.3 Å². The van der Waals surface area contributed by atoms with Gasteiger partial charge in [-0.3, -0.25) is 9.59 Å². The molecule has 0 amide bonds. The molecule has 0 radical (unpaired) electrons. The molecule has 28 heavy (non-hydrogen) atoms. The van der Waals surface area contributed by atoms with E-state index in [0.29, 0.717) is 25.7 Å². The maximum Gasteiger partial charge on any atom is 0.303 e. The Hall–Kier alpha value is -2.24. The highest BCUT2D eigenvalue weighted by molar-refractivity contribution is 5.84. The van der Waals surface area contributed by atoms with Gasteiger partial charge in [-0.2, -0.15) is 0 Å². The lowest BCUT2D eigenvalue weighted by Gasteiger charge is -2.16. The molecule has 3 N–H and O–H groups in total. The van der Waals surface area contributed by atoms with Gasteiger partial charge >= 0.3 is 5.97 Å². The molecular weight excluding hydrogens is 356 g/mol. The summed E-state index contributed by atoms with van der Waals surface area (Å²) in [4.78, 5) is 22.7. The van der Waals surface area contributed by atoms with Crippen molar-refractivity contribution in [1.82, 2.24) is 0 Å². The lowest BCUT2D eigenvalue weighted by Crippen LogP contribution is -2.19. The molecule has 0 bridgehead atoms. The van der Waals surface area contributed by atoms with Crippen LogP contribution in [0.4, 0.5) is 0 Å². The average Bonchev–Trinajstić information content (AvgIpc) is 2.94. The molecule has 1 aliphatic rings. The first-order chi connectivity index (χ1) is 13.5. The topological polar surface area (TPSA) is 94.8 Å². The van der Waals surface area contributed by atoms with Gasteiger partial charge < -0.3 is 15.3 Å². The highest BCUT2D eigenvalue weighted by atomic mass is 16.4. The van der Waals surface area contributed by atoms with Crippen molar-refractivity contribution in [2.45, 2.75) is 57.2 Å². The summed E-state index contributed by atoms with van der Waals surface area (Å²) in [5.41, 5.74) is 1.16. The van der Waals surface area contributed by atoms with Gasteiger partial charge in [-0.15, -0.1) is 0 Å². The Balaban J connectivity index is 1.82. The molecule has 0 aromatic heterocycles. The molecule has 1 saturated carbocycles. The van der Waals surface area contributed by atoms with Crippen LogP contribution < -0.4 is 0 Å². The van der Waals surface area contributed by atoms with Crippen molar-refractivity contribution in [1.29, 1.82) is 0 Å². The first-order valence-electron chi connectivity index (χ1n) is 9.95. The number of hydrogen-bond acceptors (Lipinski definition) is 4. The number of unbranched alkanes of at least 4 members (excludes halogenated alkanes) is 1. The molecule has 1 aliphatic carbocycles. The van der Waals surface area contributed by atoms with Crippen molar-refractivity contribution in [3.05, 3.63) is 60.2 Å². The minimum Gasteiger partial charge on any atom is -0.481 e. The van der Waals surface area contributed by atoms with E-state index < -0.39 is 18.2 Å². The number of aryl methyl sites for hydroxylation is 1. The number of hydrogen-bond donors (Lipinski definition) is 3. The molecule has 1 fully saturated rings. The highest BCUT2D eigenvalue weighted by Crippen LogP contribution is 2.33. The normalized spacial score (nSPS) is 23.6. The van der Waals surface area contributed by atoms with Gasteiger partial charge in [0.25, 0.3) is 0 Å². The van der Waals surface area contributed by atoms with Gasteiger partial charge in [0.05, 0.1) is 12.2 Å². The number of carboxylic acids is 1. The van der Waals surface area contributed by atoms with E-state index >= 15 is 0 Å². The third-order valence-corrected chi connectivity index (χ3v) is 5.18. The van der Waals surface area contributed by atoms with Crippen molar-refractivity contribution in [2.24, 2.45) is 11.8 Å². The summed E-state index contributed by atoms with van der Waals surface area (Å²) < 4.78 is 0. The second kappa shape index (κ2) is 11.6. The summed E-state index contributed by atoms with van der Waals surface area (Å²) in [6.45, 7) is 0. The van der Waals surface area contributed by atoms with Gasteiger partial charge in [0.1, 0.15) is 5.78 Å². The van der Waals surface area contributed by atoms with Crippen LogP contribution in [0.3, 0.4) is 0 Å². The Morgan fingerprint density at radius 1 is 1.21 bits per heavy atom. The molecule has 1 aromatic carbocycles. The average molecular weight is 386 g/mol. The van der Waals surface area contributed by atoms with E-state index in [-0.39, 0.29) is 30.5 Å².